The number of rotatable bonds is 7. The first-order valence-corrected chi connectivity index (χ1v) is 20.9. The van der Waals surface area contributed by atoms with Crippen LogP contribution in [0.15, 0.2) is 224 Å². The molecule has 0 saturated carbocycles. The van der Waals surface area contributed by atoms with Gasteiger partial charge in [0.15, 0.2) is 11.6 Å². The zero-order chi connectivity index (χ0) is 41.0. The Morgan fingerprint density at radius 1 is 0.242 bits per heavy atom. The Kier molecular flexibility index (Phi) is 8.42. The van der Waals surface area contributed by atoms with Gasteiger partial charge >= 0.3 is 0 Å². The summed E-state index contributed by atoms with van der Waals surface area (Å²) in [4.78, 5) is 15.8. The summed E-state index contributed by atoms with van der Waals surface area (Å²) < 4.78 is 4.63. The topological polar surface area (TPSA) is 48.5 Å². The molecule has 0 spiro atoms. The van der Waals surface area contributed by atoms with Crippen molar-refractivity contribution in [1.82, 2.24) is 24.1 Å². The molecule has 290 valence electrons. The van der Waals surface area contributed by atoms with E-state index >= 15 is 0 Å². The zero-order valence-corrected chi connectivity index (χ0v) is 33.6. The fraction of sp³-hybridized carbons (Fsp3) is 0. The minimum Gasteiger partial charge on any atom is -0.307 e. The highest BCUT2D eigenvalue weighted by molar-refractivity contribution is 6.23. The smallest absolute Gasteiger partial charge is 0.238 e. The van der Waals surface area contributed by atoms with Crippen molar-refractivity contribution in [2.24, 2.45) is 0 Å². The Labute approximate surface area is 358 Å². The minimum absolute atomic E-state index is 0.564. The van der Waals surface area contributed by atoms with Crippen molar-refractivity contribution in [2.45, 2.75) is 0 Å². The lowest BCUT2D eigenvalue weighted by molar-refractivity contribution is 0.953. The molecule has 0 radical (unpaired) electrons. The van der Waals surface area contributed by atoms with Crippen LogP contribution >= 0.6 is 0 Å². The molecule has 0 saturated heterocycles. The Bertz CT molecular complexity index is 3570. The maximum absolute atomic E-state index is 5.34. The highest BCUT2D eigenvalue weighted by Crippen LogP contribution is 2.41. The molecule has 3 aromatic heterocycles. The van der Waals surface area contributed by atoms with Crippen molar-refractivity contribution in [2.75, 3.05) is 0 Å². The number of para-hydroxylation sites is 3. The average Bonchev–Trinajstić information content (AvgIpc) is 3.88. The van der Waals surface area contributed by atoms with Crippen LogP contribution in [0.25, 0.3) is 111 Å². The van der Waals surface area contributed by atoms with Gasteiger partial charge in [-0.1, -0.05) is 200 Å². The molecule has 62 heavy (non-hydrogen) atoms. The van der Waals surface area contributed by atoms with Crippen molar-refractivity contribution in [3.63, 3.8) is 0 Å². The van der Waals surface area contributed by atoms with Crippen LogP contribution in [0.3, 0.4) is 0 Å². The van der Waals surface area contributed by atoms with Crippen molar-refractivity contribution >= 4 is 43.6 Å². The van der Waals surface area contributed by atoms with E-state index in [0.717, 1.165) is 60.8 Å². The molecule has 5 heteroatoms. The number of fused-ring (bicyclic) bond motifs is 7. The van der Waals surface area contributed by atoms with Crippen LogP contribution in [0, 0.1) is 0 Å². The molecule has 3 heterocycles. The van der Waals surface area contributed by atoms with Gasteiger partial charge < -0.3 is 4.57 Å². The summed E-state index contributed by atoms with van der Waals surface area (Å²) in [5.74, 6) is 1.79. The lowest BCUT2D eigenvalue weighted by atomic mass is 9.98. The van der Waals surface area contributed by atoms with Crippen LogP contribution in [-0.4, -0.2) is 24.1 Å². The molecule has 12 rings (SSSR count). The van der Waals surface area contributed by atoms with Crippen molar-refractivity contribution < 1.29 is 0 Å². The third kappa shape index (κ3) is 5.98. The SMILES string of the molecule is c1ccc(-c2ccc(-c3ccc(-c4ccc(-c5nc(-c6ccccc6)nc(-n6c7ccccc7c7ccc8c9ccccc9n(-c9ccccc9)c8c76)n5)cc4)cc3)cc2)cc1. The van der Waals surface area contributed by atoms with E-state index in [1.165, 1.54) is 33.0 Å². The molecule has 5 nitrogen and oxygen atoms in total. The minimum atomic E-state index is 0.564. The van der Waals surface area contributed by atoms with Gasteiger partial charge in [0.25, 0.3) is 0 Å². The average molecular weight is 792 g/mol. The molecule has 0 amide bonds. The molecule has 0 aliphatic heterocycles. The first-order chi connectivity index (χ1) is 30.7. The molecule has 0 aliphatic carbocycles. The lowest BCUT2D eigenvalue weighted by Crippen LogP contribution is -2.07. The summed E-state index contributed by atoms with van der Waals surface area (Å²) in [6, 6.07) is 79.2. The van der Waals surface area contributed by atoms with Gasteiger partial charge in [0.1, 0.15) is 0 Å². The summed E-state index contributed by atoms with van der Waals surface area (Å²) in [6.07, 6.45) is 0. The lowest BCUT2D eigenvalue weighted by Gasteiger charge is -2.13. The maximum atomic E-state index is 5.34. The Balaban J connectivity index is 0.992. The van der Waals surface area contributed by atoms with E-state index in [-0.39, 0.29) is 0 Å². The fourth-order valence-electron chi connectivity index (χ4n) is 9.02. The quantitative estimate of drug-likeness (QED) is 0.162. The van der Waals surface area contributed by atoms with Crippen LogP contribution < -0.4 is 0 Å². The molecule has 0 fully saturated rings. The molecule has 0 atom stereocenters. The van der Waals surface area contributed by atoms with Crippen LogP contribution in [0.4, 0.5) is 0 Å². The maximum Gasteiger partial charge on any atom is 0.238 e. The summed E-state index contributed by atoms with van der Waals surface area (Å²) in [7, 11) is 0. The second kappa shape index (κ2) is 14.7. The van der Waals surface area contributed by atoms with E-state index < -0.39 is 0 Å². The normalized spacial score (nSPS) is 11.5. The number of nitrogens with zero attached hydrogens (tertiary/aromatic N) is 5. The predicted molar refractivity (Wildman–Crippen MR) is 256 cm³/mol. The van der Waals surface area contributed by atoms with Crippen LogP contribution in [0.1, 0.15) is 0 Å². The van der Waals surface area contributed by atoms with Gasteiger partial charge in [-0.25, -0.2) is 4.98 Å². The molecule has 0 aliphatic rings. The van der Waals surface area contributed by atoms with Crippen LogP contribution in [0.2, 0.25) is 0 Å². The second-order valence-electron chi connectivity index (χ2n) is 15.6. The molecule has 0 bridgehead atoms. The Morgan fingerprint density at radius 3 is 1.06 bits per heavy atom. The Morgan fingerprint density at radius 2 is 0.581 bits per heavy atom. The van der Waals surface area contributed by atoms with E-state index in [9.17, 15) is 0 Å². The van der Waals surface area contributed by atoms with E-state index in [1.54, 1.807) is 0 Å². The highest BCUT2D eigenvalue weighted by atomic mass is 15.2. The molecule has 9 aromatic carbocycles. The third-order valence-corrected chi connectivity index (χ3v) is 12.0. The van der Waals surface area contributed by atoms with Gasteiger partial charge in [-0.3, -0.25) is 4.57 Å². The van der Waals surface area contributed by atoms with Crippen molar-refractivity contribution in [3.05, 3.63) is 224 Å². The summed E-state index contributed by atoms with van der Waals surface area (Å²) >= 11 is 0. The van der Waals surface area contributed by atoms with Gasteiger partial charge in [-0.15, -0.1) is 0 Å². The number of benzene rings is 9. The van der Waals surface area contributed by atoms with Crippen LogP contribution in [0.5, 0.6) is 0 Å². The van der Waals surface area contributed by atoms with Gasteiger partial charge in [-0.2, -0.15) is 9.97 Å². The van der Waals surface area contributed by atoms with Gasteiger partial charge in [0.05, 0.1) is 22.1 Å². The standard InChI is InChI=1S/C57H37N5/c1-4-14-38(15-5-1)39-24-26-40(27-25-39)41-28-30-42(31-29-41)43-32-34-45(35-33-43)56-58-55(44-16-6-2-7-17-44)59-57(60-56)62-52-23-13-11-21-48(52)50-37-36-49-47-20-10-12-22-51(47)61(53(49)54(50)62)46-18-8-3-9-19-46/h1-37H. The number of hydrogen-bond acceptors (Lipinski definition) is 3. The van der Waals surface area contributed by atoms with Crippen LogP contribution in [-0.2, 0) is 0 Å². The van der Waals surface area contributed by atoms with Gasteiger partial charge in [0.2, 0.25) is 5.95 Å². The monoisotopic (exact) mass is 791 g/mol. The number of hydrogen-bond donors (Lipinski definition) is 0. The largest absolute Gasteiger partial charge is 0.307 e. The Hall–Kier alpha value is -8.41. The van der Waals surface area contributed by atoms with Gasteiger partial charge in [0, 0.05) is 38.4 Å². The van der Waals surface area contributed by atoms with Crippen molar-refractivity contribution in [3.8, 4) is 67.8 Å². The van der Waals surface area contributed by atoms with E-state index in [4.69, 9.17) is 15.0 Å². The predicted octanol–water partition coefficient (Wildman–Crippen LogP) is 14.4. The molecule has 0 unspecified atom stereocenters. The van der Waals surface area contributed by atoms with E-state index in [2.05, 4.69) is 215 Å². The zero-order valence-electron chi connectivity index (χ0n) is 33.6. The highest BCUT2D eigenvalue weighted by Gasteiger charge is 2.23. The third-order valence-electron chi connectivity index (χ3n) is 12.0. The van der Waals surface area contributed by atoms with Gasteiger partial charge in [-0.05, 0) is 57.6 Å². The van der Waals surface area contributed by atoms with E-state index in [1.807, 2.05) is 18.2 Å². The number of aromatic nitrogens is 5. The first kappa shape index (κ1) is 35.5. The summed E-state index contributed by atoms with van der Waals surface area (Å²) in [5, 5.41) is 4.63. The molecular weight excluding hydrogens is 755 g/mol. The molecular formula is C57H37N5. The fourth-order valence-corrected chi connectivity index (χ4v) is 9.02. The van der Waals surface area contributed by atoms with E-state index in [0.29, 0.717) is 17.6 Å². The first-order valence-electron chi connectivity index (χ1n) is 20.9. The van der Waals surface area contributed by atoms with Crippen molar-refractivity contribution in [1.29, 1.82) is 0 Å². The molecule has 12 aromatic rings. The second-order valence-corrected chi connectivity index (χ2v) is 15.6. The summed E-state index contributed by atoms with van der Waals surface area (Å²) in [6.45, 7) is 0. The molecule has 0 N–H and O–H groups in total. The summed E-state index contributed by atoms with van der Waals surface area (Å²) in [5.41, 5.74) is 14.3.